The molecule has 0 saturated carbocycles. The minimum absolute atomic E-state index is 0.862. The van der Waals surface area contributed by atoms with Crippen LogP contribution in [0.25, 0.3) is 174 Å². The molecule has 0 fully saturated rings. The Morgan fingerprint density at radius 3 is 0.783 bits per heavy atom. The summed E-state index contributed by atoms with van der Waals surface area (Å²) in [7, 11) is 0. The summed E-state index contributed by atoms with van der Waals surface area (Å²) >= 11 is 3.73. The summed E-state index contributed by atoms with van der Waals surface area (Å²) in [6, 6.07) is 122. The second-order valence-corrected chi connectivity index (χ2v) is 25.8. The average Bonchev–Trinajstić information content (AvgIpc) is 1.59. The van der Waals surface area contributed by atoms with Crippen molar-refractivity contribution in [3.8, 4) is 134 Å². The van der Waals surface area contributed by atoms with E-state index in [9.17, 15) is 0 Å². The molecule has 0 aliphatic rings. The van der Waals surface area contributed by atoms with Crippen molar-refractivity contribution in [1.29, 1.82) is 0 Å². The van der Waals surface area contributed by atoms with Gasteiger partial charge in [0, 0.05) is 62.6 Å². The number of thiophene rings is 2. The van der Waals surface area contributed by atoms with Crippen molar-refractivity contribution >= 4 is 63.0 Å². The Labute approximate surface area is 543 Å². The van der Waals surface area contributed by atoms with Gasteiger partial charge in [-0.2, -0.15) is 0 Å². The van der Waals surface area contributed by atoms with Gasteiger partial charge in [-0.15, -0.1) is 22.7 Å². The number of fused-ring (bicyclic) bond motifs is 6. The number of benzene rings is 14. The van der Waals surface area contributed by atoms with E-state index < -0.39 is 0 Å². The third kappa shape index (κ3) is 10.5. The predicted molar refractivity (Wildman–Crippen MR) is 393 cm³/mol. The highest BCUT2D eigenvalue weighted by Crippen LogP contribution is 2.48. The maximum Gasteiger partial charge on any atom is 0.116 e. The number of hydrogen-bond donors (Lipinski definition) is 0. The maximum atomic E-state index is 5.00. The molecule has 0 bridgehead atoms. The molecular formula is C88H56N2S2. The van der Waals surface area contributed by atoms with E-state index in [0.717, 1.165) is 33.6 Å². The molecule has 3 aromatic heterocycles. The van der Waals surface area contributed by atoms with Crippen LogP contribution in [0, 0.1) is 0 Å². The topological polar surface area (TPSA) is 25.8 Å². The summed E-state index contributed by atoms with van der Waals surface area (Å²) in [6.45, 7) is 0. The van der Waals surface area contributed by atoms with Crippen molar-refractivity contribution in [2.75, 3.05) is 0 Å². The van der Waals surface area contributed by atoms with Gasteiger partial charge in [0.15, 0.2) is 0 Å². The molecule has 14 aromatic carbocycles. The Kier molecular flexibility index (Phi) is 14.0. The molecule has 0 spiro atoms. The molecule has 0 aliphatic heterocycles. The normalized spacial score (nSPS) is 11.5. The van der Waals surface area contributed by atoms with Crippen molar-refractivity contribution < 1.29 is 0 Å². The molecule has 92 heavy (non-hydrogen) atoms. The molecule has 0 saturated heterocycles. The van der Waals surface area contributed by atoms with Crippen LogP contribution in [0.5, 0.6) is 0 Å². The van der Waals surface area contributed by atoms with Crippen LogP contribution < -0.4 is 0 Å². The molecule has 17 rings (SSSR count). The SMILES string of the molecule is c1ccc(-c2cccc(-c3ccc4sc5c(-c6cccc(-c7cc(-c8cccc(-c9cc(-c%10cccc(-c%11ccccc%11)c%10)cc%10c9sc9ccc(-c%11cccc(-c%12ccccc%12)c%11)cc9%10)c8)ncn7)c6)cc(-c6cccc(-c7ccccc7)c6)cc5c4c3)c2)cc1. The fourth-order valence-electron chi connectivity index (χ4n) is 13.3. The van der Waals surface area contributed by atoms with E-state index >= 15 is 0 Å². The molecule has 0 radical (unpaired) electrons. The van der Waals surface area contributed by atoms with Gasteiger partial charge in [-0.1, -0.05) is 243 Å². The minimum atomic E-state index is 0.862. The second-order valence-electron chi connectivity index (χ2n) is 23.7. The lowest BCUT2D eigenvalue weighted by Crippen LogP contribution is -1.91. The average molecular weight is 1210 g/mol. The fraction of sp³-hybridized carbons (Fsp3) is 0. The van der Waals surface area contributed by atoms with E-state index in [1.807, 2.05) is 22.7 Å². The van der Waals surface area contributed by atoms with Crippen LogP contribution in [0.3, 0.4) is 0 Å². The van der Waals surface area contributed by atoms with E-state index in [4.69, 9.17) is 9.97 Å². The van der Waals surface area contributed by atoms with Crippen LogP contribution in [-0.2, 0) is 0 Å². The van der Waals surface area contributed by atoms with Gasteiger partial charge < -0.3 is 0 Å². The van der Waals surface area contributed by atoms with Gasteiger partial charge in [0.25, 0.3) is 0 Å². The molecule has 0 unspecified atom stereocenters. The first-order valence-electron chi connectivity index (χ1n) is 31.2. The third-order valence-electron chi connectivity index (χ3n) is 18.0. The first-order chi connectivity index (χ1) is 45.5. The highest BCUT2D eigenvalue weighted by Gasteiger charge is 2.20. The first kappa shape index (κ1) is 54.7. The Hall–Kier alpha value is -11.4. The molecule has 2 nitrogen and oxygen atoms in total. The lowest BCUT2D eigenvalue weighted by Gasteiger charge is -2.13. The standard InChI is InChI=1S/C88H56N2S2/c1-5-19-57(20-6-1)61-27-13-31-65(43-61)69-39-41-85-79(49-69)81-53-75(67-33-15-29-63(45-67)59-23-9-3-10-24-59)51-77(87(81)91-85)71-35-17-37-73(47-71)83-55-84(90-56-89-83)74-38-18-36-72(48-74)78-52-76(68-34-16-30-64(46-68)60-25-11-4-12-26-60)54-82-80-50-70(40-42-86(80)92-88(78)82)66-32-14-28-62(44-66)58-21-7-2-8-22-58/h1-56H. The van der Waals surface area contributed by atoms with Crippen LogP contribution in [0.2, 0.25) is 0 Å². The van der Waals surface area contributed by atoms with Gasteiger partial charge in [-0.3, -0.25) is 0 Å². The molecule has 17 aromatic rings. The zero-order valence-corrected chi connectivity index (χ0v) is 51.7. The third-order valence-corrected chi connectivity index (χ3v) is 20.4. The number of rotatable bonds is 12. The molecule has 3 heterocycles. The fourth-order valence-corrected chi connectivity index (χ4v) is 15.7. The summed E-state index contributed by atoms with van der Waals surface area (Å²) in [4.78, 5) is 9.99. The molecule has 430 valence electrons. The number of nitrogens with zero attached hydrogens (tertiary/aromatic N) is 2. The lowest BCUT2D eigenvalue weighted by atomic mass is 9.92. The van der Waals surface area contributed by atoms with Crippen molar-refractivity contribution in [2.24, 2.45) is 0 Å². The van der Waals surface area contributed by atoms with Gasteiger partial charge in [-0.25, -0.2) is 9.97 Å². The van der Waals surface area contributed by atoms with E-state index in [2.05, 4.69) is 334 Å². The van der Waals surface area contributed by atoms with Crippen LogP contribution in [-0.4, -0.2) is 9.97 Å². The van der Waals surface area contributed by atoms with Crippen molar-refractivity contribution in [2.45, 2.75) is 0 Å². The van der Waals surface area contributed by atoms with Crippen molar-refractivity contribution in [3.63, 3.8) is 0 Å². The predicted octanol–water partition coefficient (Wildman–Crippen LogP) is 25.2. The van der Waals surface area contributed by atoms with Gasteiger partial charge >= 0.3 is 0 Å². The van der Waals surface area contributed by atoms with Gasteiger partial charge in [0.2, 0.25) is 0 Å². The summed E-state index contributed by atoms with van der Waals surface area (Å²) in [5.74, 6) is 0. The highest BCUT2D eigenvalue weighted by atomic mass is 32.1. The van der Waals surface area contributed by atoms with Crippen molar-refractivity contribution in [3.05, 3.63) is 340 Å². The summed E-state index contributed by atoms with van der Waals surface area (Å²) in [5, 5.41) is 4.99. The quantitative estimate of drug-likeness (QED) is 0.122. The van der Waals surface area contributed by atoms with Gasteiger partial charge in [-0.05, 0) is 191 Å². The molecule has 4 heteroatoms. The number of aromatic nitrogens is 2. The molecule has 0 N–H and O–H groups in total. The van der Waals surface area contributed by atoms with Gasteiger partial charge in [0.1, 0.15) is 6.33 Å². The number of hydrogen-bond acceptors (Lipinski definition) is 4. The molecule has 0 aliphatic carbocycles. The zero-order chi connectivity index (χ0) is 60.9. The van der Waals surface area contributed by atoms with E-state index in [0.29, 0.717) is 0 Å². The van der Waals surface area contributed by atoms with Crippen LogP contribution >= 0.6 is 22.7 Å². The Morgan fingerprint density at radius 1 is 0.174 bits per heavy atom. The Morgan fingerprint density at radius 2 is 0.435 bits per heavy atom. The Balaban J connectivity index is 0.762. The summed E-state index contributed by atoms with van der Waals surface area (Å²) < 4.78 is 5.02. The maximum absolute atomic E-state index is 5.00. The molecule has 0 amide bonds. The summed E-state index contributed by atoms with van der Waals surface area (Å²) in [6.07, 6.45) is 1.72. The van der Waals surface area contributed by atoms with E-state index in [1.54, 1.807) is 6.33 Å². The van der Waals surface area contributed by atoms with E-state index in [-0.39, 0.29) is 0 Å². The lowest BCUT2D eigenvalue weighted by molar-refractivity contribution is 1.18. The Bertz CT molecular complexity index is 5280. The molecule has 0 atom stereocenters. The van der Waals surface area contributed by atoms with Gasteiger partial charge in [0.05, 0.1) is 11.4 Å². The van der Waals surface area contributed by atoms with Crippen molar-refractivity contribution in [1.82, 2.24) is 9.97 Å². The minimum Gasteiger partial charge on any atom is -0.236 e. The molecular weight excluding hydrogens is 1150 g/mol. The summed E-state index contributed by atoms with van der Waals surface area (Å²) in [5.41, 5.74) is 27.5. The highest BCUT2D eigenvalue weighted by molar-refractivity contribution is 7.26. The largest absolute Gasteiger partial charge is 0.236 e. The smallest absolute Gasteiger partial charge is 0.116 e. The first-order valence-corrected chi connectivity index (χ1v) is 32.8. The second kappa shape index (κ2) is 23.5. The zero-order valence-electron chi connectivity index (χ0n) is 50.0. The van der Waals surface area contributed by atoms with Crippen LogP contribution in [0.1, 0.15) is 0 Å². The monoisotopic (exact) mass is 1200 g/mol. The van der Waals surface area contributed by atoms with Crippen LogP contribution in [0.4, 0.5) is 0 Å². The van der Waals surface area contributed by atoms with Crippen LogP contribution in [0.15, 0.2) is 340 Å². The van der Waals surface area contributed by atoms with E-state index in [1.165, 1.54) is 140 Å².